The number of hydrogen-bond donors (Lipinski definition) is 0. The van der Waals surface area contributed by atoms with Crippen LogP contribution in [0, 0.1) is 13.8 Å². The Kier molecular flexibility index (Phi) is 10.6. The van der Waals surface area contributed by atoms with Gasteiger partial charge >= 0.3 is 0 Å². The highest BCUT2D eigenvalue weighted by molar-refractivity contribution is 6.07. The molecule has 9 aromatic carbocycles. The van der Waals surface area contributed by atoms with Crippen molar-refractivity contribution in [2.24, 2.45) is 0 Å². The van der Waals surface area contributed by atoms with E-state index in [2.05, 4.69) is 270 Å². The molecule has 0 heterocycles. The lowest BCUT2D eigenvalue weighted by Crippen LogP contribution is -2.25. The number of fused-ring (bicyclic) bond motifs is 13. The molecule has 0 saturated carbocycles. The molecular formula is C66H50. The van der Waals surface area contributed by atoms with Crippen LogP contribution in [-0.2, 0) is 5.41 Å². The largest absolute Gasteiger partial charge is 0.0725 e. The summed E-state index contributed by atoms with van der Waals surface area (Å²) in [6.07, 6.45) is 19.5. The molecule has 1 spiro atoms. The van der Waals surface area contributed by atoms with Crippen LogP contribution in [0.5, 0.6) is 0 Å². The van der Waals surface area contributed by atoms with Gasteiger partial charge in [0.05, 0.1) is 5.41 Å². The van der Waals surface area contributed by atoms with Gasteiger partial charge in [0.15, 0.2) is 0 Å². The van der Waals surface area contributed by atoms with E-state index in [0.29, 0.717) is 0 Å². The average molecular weight is 843 g/mol. The van der Waals surface area contributed by atoms with Crippen LogP contribution in [0.3, 0.4) is 0 Å². The highest BCUT2D eigenvalue weighted by Gasteiger charge is 2.52. The Bertz CT molecular complexity index is 3500. The van der Waals surface area contributed by atoms with Gasteiger partial charge in [-0.05, 0) is 143 Å². The van der Waals surface area contributed by atoms with Crippen LogP contribution in [0.1, 0.15) is 51.4 Å². The van der Waals surface area contributed by atoms with Gasteiger partial charge in [0.2, 0.25) is 0 Å². The molecule has 0 atom stereocenters. The second-order valence-corrected chi connectivity index (χ2v) is 17.7. The first-order valence-electron chi connectivity index (χ1n) is 23.1. The molecule has 0 radical (unpaired) electrons. The van der Waals surface area contributed by atoms with Gasteiger partial charge < -0.3 is 0 Å². The summed E-state index contributed by atoms with van der Waals surface area (Å²) in [4.78, 5) is 0. The number of benzene rings is 9. The highest BCUT2D eigenvalue weighted by atomic mass is 14.5. The summed E-state index contributed by atoms with van der Waals surface area (Å²) in [7, 11) is 0. The van der Waals surface area contributed by atoms with E-state index in [0.717, 1.165) is 0 Å². The van der Waals surface area contributed by atoms with Crippen LogP contribution in [0.2, 0.25) is 0 Å². The SMILES string of the molecule is CC1=C(c2cc(-c3ccc4c(c3)-c3c(ccc5ccccc35)C43c4ccccc4-c4ccccc43)ccc2C)/C=C/C=C(c2ccccc2)\C=C/C=C/C=C\1.Cc1ccc2ccccc2c1. The summed E-state index contributed by atoms with van der Waals surface area (Å²) in [5.41, 5.74) is 21.5. The summed E-state index contributed by atoms with van der Waals surface area (Å²) in [5.74, 6) is 0. The smallest absolute Gasteiger partial charge is 0.0623 e. The Hall–Kier alpha value is -8.06. The fourth-order valence-electron chi connectivity index (χ4n) is 10.6. The Morgan fingerprint density at radius 2 is 0.939 bits per heavy atom. The molecule has 0 fully saturated rings. The van der Waals surface area contributed by atoms with E-state index in [1.165, 1.54) is 116 Å². The molecule has 0 nitrogen and oxygen atoms in total. The fourth-order valence-corrected chi connectivity index (χ4v) is 10.6. The first-order valence-corrected chi connectivity index (χ1v) is 23.1. The van der Waals surface area contributed by atoms with Crippen molar-refractivity contribution in [1.82, 2.24) is 0 Å². The van der Waals surface area contributed by atoms with Gasteiger partial charge in [-0.15, -0.1) is 0 Å². The van der Waals surface area contributed by atoms with Crippen molar-refractivity contribution in [3.63, 3.8) is 0 Å². The third-order valence-electron chi connectivity index (χ3n) is 13.8. The van der Waals surface area contributed by atoms with Gasteiger partial charge in [0.25, 0.3) is 0 Å². The lowest BCUT2D eigenvalue weighted by molar-refractivity contribution is 0.794. The van der Waals surface area contributed by atoms with Gasteiger partial charge in [-0.1, -0.05) is 242 Å². The van der Waals surface area contributed by atoms with Crippen LogP contribution in [0.4, 0.5) is 0 Å². The highest BCUT2D eigenvalue weighted by Crippen LogP contribution is 2.64. The predicted molar refractivity (Wildman–Crippen MR) is 283 cm³/mol. The summed E-state index contributed by atoms with van der Waals surface area (Å²) in [6.45, 7) is 6.56. The summed E-state index contributed by atoms with van der Waals surface area (Å²) in [6, 6.07) is 71.5. The molecule has 0 N–H and O–H groups in total. The van der Waals surface area contributed by atoms with Gasteiger partial charge in [0, 0.05) is 0 Å². The van der Waals surface area contributed by atoms with E-state index in [-0.39, 0.29) is 5.41 Å². The topological polar surface area (TPSA) is 0 Å². The Labute approximate surface area is 389 Å². The molecule has 3 aliphatic carbocycles. The third-order valence-corrected chi connectivity index (χ3v) is 13.8. The second kappa shape index (κ2) is 17.1. The summed E-state index contributed by atoms with van der Waals surface area (Å²) >= 11 is 0. The molecule has 9 aromatic rings. The first kappa shape index (κ1) is 40.7. The zero-order valence-corrected chi connectivity index (χ0v) is 37.7. The van der Waals surface area contributed by atoms with E-state index in [1.54, 1.807) is 0 Å². The van der Waals surface area contributed by atoms with Crippen molar-refractivity contribution in [2.45, 2.75) is 26.2 Å². The van der Waals surface area contributed by atoms with Crippen molar-refractivity contribution < 1.29 is 0 Å². The van der Waals surface area contributed by atoms with E-state index in [1.807, 2.05) is 0 Å². The number of rotatable bonds is 3. The molecule has 3 aliphatic rings. The number of allylic oxidation sites excluding steroid dienone is 12. The minimum absolute atomic E-state index is 0.374. The van der Waals surface area contributed by atoms with Crippen molar-refractivity contribution >= 4 is 32.7 Å². The molecule has 12 rings (SSSR count). The van der Waals surface area contributed by atoms with Gasteiger partial charge in [-0.25, -0.2) is 0 Å². The number of hydrogen-bond acceptors (Lipinski definition) is 0. The van der Waals surface area contributed by atoms with Crippen molar-refractivity contribution in [1.29, 1.82) is 0 Å². The second-order valence-electron chi connectivity index (χ2n) is 17.7. The quantitative estimate of drug-likeness (QED) is 0.166. The van der Waals surface area contributed by atoms with E-state index >= 15 is 0 Å². The fraction of sp³-hybridized carbons (Fsp3) is 0.0606. The molecule has 0 aliphatic heterocycles. The maximum absolute atomic E-state index is 2.47. The molecule has 0 amide bonds. The lowest BCUT2D eigenvalue weighted by Gasteiger charge is -2.30. The summed E-state index contributed by atoms with van der Waals surface area (Å²) in [5, 5.41) is 5.22. The van der Waals surface area contributed by atoms with Crippen LogP contribution >= 0.6 is 0 Å². The van der Waals surface area contributed by atoms with Gasteiger partial charge in [-0.2, -0.15) is 0 Å². The third kappa shape index (κ3) is 7.03. The predicted octanol–water partition coefficient (Wildman–Crippen LogP) is 17.4. The van der Waals surface area contributed by atoms with Crippen LogP contribution in [0.15, 0.2) is 254 Å². The first-order chi connectivity index (χ1) is 32.5. The van der Waals surface area contributed by atoms with Crippen LogP contribution in [-0.4, -0.2) is 0 Å². The molecule has 0 saturated heterocycles. The van der Waals surface area contributed by atoms with Gasteiger partial charge in [-0.3, -0.25) is 0 Å². The van der Waals surface area contributed by atoms with Gasteiger partial charge in [0.1, 0.15) is 0 Å². The minimum atomic E-state index is -0.374. The van der Waals surface area contributed by atoms with E-state index in [4.69, 9.17) is 0 Å². The molecule has 0 aromatic heterocycles. The summed E-state index contributed by atoms with van der Waals surface area (Å²) < 4.78 is 0. The Morgan fingerprint density at radius 3 is 1.71 bits per heavy atom. The normalized spacial score (nSPS) is 18.0. The Balaban J connectivity index is 0.000000382. The zero-order chi connectivity index (χ0) is 44.6. The molecule has 66 heavy (non-hydrogen) atoms. The maximum Gasteiger partial charge on any atom is 0.0725 e. The zero-order valence-electron chi connectivity index (χ0n) is 37.7. The minimum Gasteiger partial charge on any atom is -0.0623 e. The number of aryl methyl sites for hydroxylation is 2. The van der Waals surface area contributed by atoms with Crippen molar-refractivity contribution in [2.75, 3.05) is 0 Å². The average Bonchev–Trinajstić information content (AvgIpc) is 3.83. The van der Waals surface area contributed by atoms with Crippen LogP contribution in [0.25, 0.3) is 66.1 Å². The maximum atomic E-state index is 2.47. The standard InChI is InChI=1S/C55H40.C11H10/c1-37-17-6-3-4-7-18-40(39-19-8-5-9-20-39)22-16-26-44(37)48-35-42(30-29-38(48)2)43-32-33-52-49(36-43)54-45-23-11-10-21-41(45)31-34-53(54)55(52)50-27-14-12-24-46(50)47-25-13-15-28-51(47)55;1-9-6-7-10-4-2-3-5-11(10)8-9/h3-36H,1-2H3;2-8H,1H3/b4-3+,6-3?,7-4?,17-6-,18-7-,22-16?,26-16+,37-17?,40-18?,40-22+,44-26?,44-37+;. The molecular weight excluding hydrogens is 793 g/mol. The molecule has 0 bridgehead atoms. The lowest BCUT2D eigenvalue weighted by atomic mass is 9.70. The van der Waals surface area contributed by atoms with Crippen molar-refractivity contribution in [3.8, 4) is 33.4 Å². The molecule has 314 valence electrons. The van der Waals surface area contributed by atoms with Crippen LogP contribution < -0.4 is 0 Å². The van der Waals surface area contributed by atoms with Crippen molar-refractivity contribution in [3.05, 3.63) is 299 Å². The molecule has 0 unspecified atom stereocenters. The van der Waals surface area contributed by atoms with E-state index in [9.17, 15) is 0 Å². The monoisotopic (exact) mass is 842 g/mol. The Morgan fingerprint density at radius 1 is 0.348 bits per heavy atom. The molecule has 0 heteroatoms. The van der Waals surface area contributed by atoms with E-state index < -0.39 is 0 Å².